The van der Waals surface area contributed by atoms with Gasteiger partial charge in [-0.25, -0.2) is 0 Å². The Kier molecular flexibility index (Phi) is 8.05. The van der Waals surface area contributed by atoms with Gasteiger partial charge in [-0.3, -0.25) is 19.7 Å². The highest BCUT2D eigenvalue weighted by atomic mass is 16.6. The van der Waals surface area contributed by atoms with Crippen LogP contribution in [0.2, 0.25) is 0 Å². The zero-order valence-corrected chi connectivity index (χ0v) is 20.3. The average Bonchev–Trinajstić information content (AvgIpc) is 2.91. The molecule has 0 fully saturated rings. The molecule has 0 spiro atoms. The Bertz CT molecular complexity index is 1330. The lowest BCUT2D eigenvalue weighted by molar-refractivity contribution is -0.384. The molecule has 0 heterocycles. The van der Waals surface area contributed by atoms with E-state index in [9.17, 15) is 19.7 Å². The first-order chi connectivity index (χ1) is 17.9. The summed E-state index contributed by atoms with van der Waals surface area (Å²) in [7, 11) is 0. The minimum absolute atomic E-state index is 0.0399. The molecule has 0 saturated heterocycles. The second-order valence-corrected chi connectivity index (χ2v) is 8.75. The van der Waals surface area contributed by atoms with E-state index in [1.165, 1.54) is 12.1 Å². The number of amides is 2. The second-order valence-electron chi connectivity index (χ2n) is 8.75. The lowest BCUT2D eigenvalue weighted by Crippen LogP contribution is -2.47. The Hall–Kier alpha value is -4.78. The predicted molar refractivity (Wildman–Crippen MR) is 143 cm³/mol. The lowest BCUT2D eigenvalue weighted by Gasteiger charge is -2.23. The van der Waals surface area contributed by atoms with E-state index in [4.69, 9.17) is 0 Å². The van der Waals surface area contributed by atoms with Gasteiger partial charge in [-0.05, 0) is 35.2 Å². The number of carbonyl (C=O) groups excluding carboxylic acids is 2. The van der Waals surface area contributed by atoms with E-state index in [1.807, 2.05) is 85.8 Å². The summed E-state index contributed by atoms with van der Waals surface area (Å²) in [5, 5.41) is 16.9. The van der Waals surface area contributed by atoms with Crippen LogP contribution in [-0.4, -0.2) is 22.8 Å². The van der Waals surface area contributed by atoms with Crippen molar-refractivity contribution in [3.63, 3.8) is 0 Å². The van der Waals surface area contributed by atoms with Gasteiger partial charge in [0.2, 0.25) is 11.8 Å². The number of para-hydroxylation sites is 1. The van der Waals surface area contributed by atoms with E-state index in [0.717, 1.165) is 16.7 Å². The van der Waals surface area contributed by atoms with Crippen LogP contribution < -0.4 is 10.6 Å². The van der Waals surface area contributed by atoms with E-state index in [-0.39, 0.29) is 23.9 Å². The molecule has 2 amide bonds. The van der Waals surface area contributed by atoms with Gasteiger partial charge >= 0.3 is 0 Å². The van der Waals surface area contributed by atoms with Crippen molar-refractivity contribution in [1.29, 1.82) is 0 Å². The lowest BCUT2D eigenvalue weighted by atomic mass is 9.90. The van der Waals surface area contributed by atoms with Gasteiger partial charge in [0, 0.05) is 24.2 Å². The molecule has 4 aromatic rings. The molecule has 1 atom stereocenters. The van der Waals surface area contributed by atoms with Crippen molar-refractivity contribution in [2.45, 2.75) is 25.3 Å². The van der Waals surface area contributed by atoms with Crippen molar-refractivity contribution >= 4 is 23.2 Å². The van der Waals surface area contributed by atoms with Gasteiger partial charge in [-0.1, -0.05) is 91.0 Å². The zero-order valence-electron chi connectivity index (χ0n) is 20.3. The van der Waals surface area contributed by atoms with E-state index in [1.54, 1.807) is 18.2 Å². The number of nitro groups is 1. The minimum Gasteiger partial charge on any atom is -0.343 e. The Balaban J connectivity index is 1.64. The molecule has 0 aliphatic rings. The highest BCUT2D eigenvalue weighted by molar-refractivity contribution is 5.99. The first-order valence-corrected chi connectivity index (χ1v) is 11.9. The Morgan fingerprint density at radius 2 is 1.30 bits per heavy atom. The van der Waals surface area contributed by atoms with Gasteiger partial charge in [-0.15, -0.1) is 0 Å². The Morgan fingerprint density at radius 1 is 0.757 bits per heavy atom. The monoisotopic (exact) mass is 493 g/mol. The summed E-state index contributed by atoms with van der Waals surface area (Å²) in [5.74, 6) is -1.31. The molecule has 0 saturated carbocycles. The molecule has 4 aromatic carbocycles. The third-order valence-corrected chi connectivity index (χ3v) is 6.15. The smallest absolute Gasteiger partial charge is 0.269 e. The number of benzene rings is 4. The van der Waals surface area contributed by atoms with Crippen molar-refractivity contribution in [3.8, 4) is 0 Å². The number of aryl methyl sites for hydroxylation is 1. The van der Waals surface area contributed by atoms with Crippen LogP contribution in [0.4, 0.5) is 11.4 Å². The topological polar surface area (TPSA) is 101 Å². The molecular weight excluding hydrogens is 466 g/mol. The van der Waals surface area contributed by atoms with Crippen LogP contribution in [-0.2, 0) is 16.0 Å². The number of hydrogen-bond donors (Lipinski definition) is 2. The molecule has 2 N–H and O–H groups in total. The fourth-order valence-electron chi connectivity index (χ4n) is 4.17. The summed E-state index contributed by atoms with van der Waals surface area (Å²) in [4.78, 5) is 37.8. The third kappa shape index (κ3) is 6.46. The van der Waals surface area contributed by atoms with Crippen molar-refractivity contribution in [3.05, 3.63) is 142 Å². The SMILES string of the molecule is Cc1ccccc1NC(=O)[C@@H](Cc1ccc([N+](=O)[O-])cc1)NC(=O)C(c1ccccc1)c1ccccc1. The van der Waals surface area contributed by atoms with Crippen LogP contribution in [0.5, 0.6) is 0 Å². The minimum atomic E-state index is -0.913. The quantitative estimate of drug-likeness (QED) is 0.241. The maximum atomic E-state index is 13.7. The van der Waals surface area contributed by atoms with Gasteiger partial charge in [0.15, 0.2) is 0 Å². The Labute approximate surface area is 215 Å². The van der Waals surface area contributed by atoms with Gasteiger partial charge < -0.3 is 10.6 Å². The zero-order chi connectivity index (χ0) is 26.2. The molecule has 186 valence electrons. The normalized spacial score (nSPS) is 11.5. The van der Waals surface area contributed by atoms with Crippen LogP contribution in [0, 0.1) is 17.0 Å². The predicted octanol–water partition coefficient (Wildman–Crippen LogP) is 5.40. The largest absolute Gasteiger partial charge is 0.343 e. The molecule has 0 radical (unpaired) electrons. The fraction of sp³-hybridized carbons (Fsp3) is 0.133. The number of nitrogens with one attached hydrogen (secondary N) is 2. The van der Waals surface area contributed by atoms with Crippen molar-refractivity contribution in [1.82, 2.24) is 5.32 Å². The molecule has 0 bridgehead atoms. The third-order valence-electron chi connectivity index (χ3n) is 6.15. The van der Waals surface area contributed by atoms with Crippen molar-refractivity contribution in [2.75, 3.05) is 5.32 Å². The van der Waals surface area contributed by atoms with E-state index in [0.29, 0.717) is 11.3 Å². The summed E-state index contributed by atoms with van der Waals surface area (Å²) in [6.45, 7) is 1.89. The Morgan fingerprint density at radius 3 is 1.84 bits per heavy atom. The van der Waals surface area contributed by atoms with Crippen LogP contribution in [0.15, 0.2) is 109 Å². The average molecular weight is 494 g/mol. The highest BCUT2D eigenvalue weighted by Crippen LogP contribution is 2.25. The number of rotatable bonds is 9. The fourth-order valence-corrected chi connectivity index (χ4v) is 4.17. The number of nitro benzene ring substituents is 1. The van der Waals surface area contributed by atoms with Crippen molar-refractivity contribution in [2.24, 2.45) is 0 Å². The molecule has 0 aliphatic heterocycles. The van der Waals surface area contributed by atoms with Crippen LogP contribution in [0.1, 0.15) is 28.2 Å². The molecule has 0 aliphatic carbocycles. The molecule has 7 heteroatoms. The van der Waals surface area contributed by atoms with E-state index >= 15 is 0 Å². The molecular formula is C30H27N3O4. The van der Waals surface area contributed by atoms with E-state index < -0.39 is 16.9 Å². The van der Waals surface area contributed by atoms with Crippen LogP contribution in [0.3, 0.4) is 0 Å². The number of carbonyl (C=O) groups is 2. The molecule has 0 aromatic heterocycles. The van der Waals surface area contributed by atoms with E-state index in [2.05, 4.69) is 10.6 Å². The number of anilines is 1. The van der Waals surface area contributed by atoms with Gasteiger partial charge in [0.1, 0.15) is 6.04 Å². The molecule has 4 rings (SSSR count). The number of hydrogen-bond acceptors (Lipinski definition) is 4. The van der Waals surface area contributed by atoms with Gasteiger partial charge in [0.05, 0.1) is 10.8 Å². The first-order valence-electron chi connectivity index (χ1n) is 11.9. The second kappa shape index (κ2) is 11.8. The summed E-state index contributed by atoms with van der Waals surface area (Å²) < 4.78 is 0. The molecule has 0 unspecified atom stereocenters. The van der Waals surface area contributed by atoms with Gasteiger partial charge in [-0.2, -0.15) is 0 Å². The highest BCUT2D eigenvalue weighted by Gasteiger charge is 2.28. The van der Waals surface area contributed by atoms with Crippen LogP contribution >= 0.6 is 0 Å². The van der Waals surface area contributed by atoms with Gasteiger partial charge in [0.25, 0.3) is 5.69 Å². The first kappa shape index (κ1) is 25.3. The molecule has 37 heavy (non-hydrogen) atoms. The maximum Gasteiger partial charge on any atom is 0.269 e. The maximum absolute atomic E-state index is 13.7. The summed E-state index contributed by atoms with van der Waals surface area (Å²) in [5.41, 5.74) is 3.80. The summed E-state index contributed by atoms with van der Waals surface area (Å²) in [6.07, 6.45) is 0.164. The number of non-ortho nitro benzene ring substituents is 1. The number of nitrogens with zero attached hydrogens (tertiary/aromatic N) is 1. The van der Waals surface area contributed by atoms with Crippen LogP contribution in [0.25, 0.3) is 0 Å². The van der Waals surface area contributed by atoms with Crippen molar-refractivity contribution < 1.29 is 14.5 Å². The summed E-state index contributed by atoms with van der Waals surface area (Å²) in [6, 6.07) is 31.3. The molecule has 7 nitrogen and oxygen atoms in total. The summed E-state index contributed by atoms with van der Waals surface area (Å²) >= 11 is 0. The standard InChI is InChI=1S/C30H27N3O4/c1-21-10-8-9-15-26(21)31-29(34)27(20-22-16-18-25(19-17-22)33(36)37)32-30(35)28(23-11-4-2-5-12-23)24-13-6-3-7-14-24/h2-19,27-28H,20H2,1H3,(H,31,34)(H,32,35)/t27-/m1/s1.